The van der Waals surface area contributed by atoms with Gasteiger partial charge >= 0.3 is 12.0 Å². The Balaban J connectivity index is 1.68. The molecule has 1 atom stereocenters. The molecule has 0 bridgehead atoms. The number of likely N-dealkylation sites (tertiary alicyclic amines) is 1. The van der Waals surface area contributed by atoms with Crippen molar-refractivity contribution in [3.63, 3.8) is 0 Å². The highest BCUT2D eigenvalue weighted by molar-refractivity contribution is 5.75. The van der Waals surface area contributed by atoms with Crippen LogP contribution in [0.4, 0.5) is 4.79 Å². The van der Waals surface area contributed by atoms with Crippen LogP contribution in [0.2, 0.25) is 0 Å². The minimum absolute atomic E-state index is 0.0429. The predicted molar refractivity (Wildman–Crippen MR) is 93.1 cm³/mol. The minimum Gasteiger partial charge on any atom is -0.480 e. The van der Waals surface area contributed by atoms with Crippen molar-refractivity contribution in [2.45, 2.75) is 45.2 Å². The highest BCUT2D eigenvalue weighted by Gasteiger charge is 2.36. The van der Waals surface area contributed by atoms with Crippen LogP contribution in [0.5, 0.6) is 0 Å². The third kappa shape index (κ3) is 5.08. The number of nitrogens with zero attached hydrogens (tertiary/aromatic N) is 3. The van der Waals surface area contributed by atoms with E-state index in [1.165, 1.54) is 0 Å². The van der Waals surface area contributed by atoms with Crippen LogP contribution in [0.1, 0.15) is 33.1 Å². The summed E-state index contributed by atoms with van der Waals surface area (Å²) in [5.41, 5.74) is 0. The van der Waals surface area contributed by atoms with Crippen molar-refractivity contribution in [2.24, 2.45) is 5.92 Å². The molecule has 7 heteroatoms. The first kappa shape index (κ1) is 19.0. The fourth-order valence-electron chi connectivity index (χ4n) is 3.68. The van der Waals surface area contributed by atoms with E-state index >= 15 is 0 Å². The lowest BCUT2D eigenvalue weighted by atomic mass is 9.85. The molecule has 1 aliphatic carbocycles. The van der Waals surface area contributed by atoms with Gasteiger partial charge in [-0.1, -0.05) is 13.8 Å². The topological polar surface area (TPSA) is 76.1 Å². The molecule has 2 aliphatic rings. The van der Waals surface area contributed by atoms with Gasteiger partial charge in [0.15, 0.2) is 0 Å². The molecule has 2 N–H and O–H groups in total. The fourth-order valence-corrected chi connectivity index (χ4v) is 3.68. The number of nitrogens with one attached hydrogen (secondary N) is 1. The molecule has 1 saturated heterocycles. The zero-order valence-electron chi connectivity index (χ0n) is 15.2. The van der Waals surface area contributed by atoms with Gasteiger partial charge in [0.2, 0.25) is 0 Å². The number of carboxylic acid groups (broad SMARTS) is 1. The number of amides is 2. The Morgan fingerprint density at radius 1 is 1.25 bits per heavy atom. The molecule has 1 unspecified atom stereocenters. The average Bonchev–Trinajstić information content (AvgIpc) is 2.96. The molecule has 1 aliphatic heterocycles. The third-order valence-corrected chi connectivity index (χ3v) is 5.38. The second kappa shape index (κ2) is 8.67. The van der Waals surface area contributed by atoms with Gasteiger partial charge < -0.3 is 20.2 Å². The van der Waals surface area contributed by atoms with Gasteiger partial charge in [-0.15, -0.1) is 0 Å². The van der Waals surface area contributed by atoms with Crippen molar-refractivity contribution in [3.8, 4) is 0 Å². The van der Waals surface area contributed by atoms with Crippen molar-refractivity contribution < 1.29 is 14.7 Å². The first-order valence-corrected chi connectivity index (χ1v) is 9.12. The van der Waals surface area contributed by atoms with Crippen molar-refractivity contribution >= 4 is 12.0 Å². The summed E-state index contributed by atoms with van der Waals surface area (Å²) in [5, 5.41) is 12.0. The largest absolute Gasteiger partial charge is 0.480 e. The molecule has 0 radical (unpaired) electrons. The lowest BCUT2D eigenvalue weighted by molar-refractivity contribution is -0.139. The van der Waals surface area contributed by atoms with Crippen LogP contribution in [0.25, 0.3) is 0 Å². The van der Waals surface area contributed by atoms with E-state index in [-0.39, 0.29) is 24.7 Å². The number of carbonyl (C=O) groups is 2. The van der Waals surface area contributed by atoms with Crippen LogP contribution in [-0.2, 0) is 4.79 Å². The number of rotatable bonds is 8. The Morgan fingerprint density at radius 3 is 2.54 bits per heavy atom. The maximum absolute atomic E-state index is 12.4. The number of carboxylic acids is 1. The molecule has 2 fully saturated rings. The summed E-state index contributed by atoms with van der Waals surface area (Å²) >= 11 is 0. The Morgan fingerprint density at radius 2 is 1.96 bits per heavy atom. The summed E-state index contributed by atoms with van der Waals surface area (Å²) in [5.74, 6) is -0.217. The average molecular weight is 340 g/mol. The minimum atomic E-state index is -0.788. The maximum atomic E-state index is 12.4. The number of hydrogen-bond donors (Lipinski definition) is 2. The zero-order chi connectivity index (χ0) is 17.7. The number of aliphatic carboxylic acids is 1. The Labute approximate surface area is 145 Å². The second-order valence-corrected chi connectivity index (χ2v) is 7.18. The van der Waals surface area contributed by atoms with Crippen molar-refractivity contribution in [1.29, 1.82) is 0 Å². The highest BCUT2D eigenvalue weighted by atomic mass is 16.4. The lowest BCUT2D eigenvalue weighted by Crippen LogP contribution is -2.56. The molecular formula is C17H32N4O3. The van der Waals surface area contributed by atoms with Gasteiger partial charge in [-0.05, 0) is 45.3 Å². The Bertz CT molecular complexity index is 440. The summed E-state index contributed by atoms with van der Waals surface area (Å²) < 4.78 is 0. The predicted octanol–water partition coefficient (Wildman–Crippen LogP) is 0.907. The quantitative estimate of drug-likeness (QED) is 0.687. The van der Waals surface area contributed by atoms with E-state index < -0.39 is 5.97 Å². The molecule has 0 spiro atoms. The SMILES string of the molecule is CCN(C)CC1CCN(C(=O)NC2CC(N(CC)CC(=O)O)C2)C1. The number of carbonyl (C=O) groups excluding carboxylic acids is 1. The van der Waals surface area contributed by atoms with E-state index in [2.05, 4.69) is 24.2 Å². The summed E-state index contributed by atoms with van der Waals surface area (Å²) in [7, 11) is 2.12. The molecule has 0 aromatic heterocycles. The number of likely N-dealkylation sites (N-methyl/N-ethyl adjacent to an activating group) is 1. The molecule has 1 heterocycles. The van der Waals surface area contributed by atoms with Gasteiger partial charge in [0.05, 0.1) is 6.54 Å². The van der Waals surface area contributed by atoms with Crippen LogP contribution in [-0.4, -0.2) is 90.2 Å². The monoisotopic (exact) mass is 340 g/mol. The highest BCUT2D eigenvalue weighted by Crippen LogP contribution is 2.26. The molecule has 1 saturated carbocycles. The van der Waals surface area contributed by atoms with E-state index in [9.17, 15) is 9.59 Å². The summed E-state index contributed by atoms with van der Waals surface area (Å²) in [6, 6.07) is 0.505. The number of urea groups is 1. The number of hydrogen-bond acceptors (Lipinski definition) is 4. The standard InChI is InChI=1S/C17H32N4O3/c1-4-19(3)10-13-6-7-21(11-13)17(24)18-14-8-15(9-14)20(5-2)12-16(22)23/h13-15H,4-12H2,1-3H3,(H,18,24)(H,22,23). The Kier molecular flexibility index (Phi) is 6.86. The van der Waals surface area contributed by atoms with Gasteiger partial charge in [0, 0.05) is 31.7 Å². The van der Waals surface area contributed by atoms with Gasteiger partial charge in [-0.25, -0.2) is 4.79 Å². The van der Waals surface area contributed by atoms with E-state index in [4.69, 9.17) is 5.11 Å². The van der Waals surface area contributed by atoms with Gasteiger partial charge in [0.25, 0.3) is 0 Å². The zero-order valence-corrected chi connectivity index (χ0v) is 15.2. The summed E-state index contributed by atoms with van der Waals surface area (Å²) in [6.45, 7) is 8.71. The van der Waals surface area contributed by atoms with Crippen LogP contribution in [0, 0.1) is 5.92 Å². The van der Waals surface area contributed by atoms with Crippen LogP contribution >= 0.6 is 0 Å². The van der Waals surface area contributed by atoms with Crippen LogP contribution in [0.3, 0.4) is 0 Å². The van der Waals surface area contributed by atoms with Gasteiger partial charge in [0.1, 0.15) is 0 Å². The third-order valence-electron chi connectivity index (χ3n) is 5.38. The molecule has 2 amide bonds. The van der Waals surface area contributed by atoms with E-state index in [1.807, 2.05) is 16.7 Å². The molecular weight excluding hydrogens is 308 g/mol. The van der Waals surface area contributed by atoms with Gasteiger partial charge in [-0.2, -0.15) is 0 Å². The van der Waals surface area contributed by atoms with Crippen molar-refractivity contribution in [3.05, 3.63) is 0 Å². The van der Waals surface area contributed by atoms with Crippen molar-refractivity contribution in [2.75, 3.05) is 46.3 Å². The molecule has 7 nitrogen and oxygen atoms in total. The molecule has 0 aromatic rings. The first-order chi connectivity index (χ1) is 11.4. The second-order valence-electron chi connectivity index (χ2n) is 7.18. The molecule has 2 rings (SSSR count). The lowest BCUT2D eigenvalue weighted by Gasteiger charge is -2.42. The maximum Gasteiger partial charge on any atom is 0.317 e. The smallest absolute Gasteiger partial charge is 0.317 e. The summed E-state index contributed by atoms with van der Waals surface area (Å²) in [4.78, 5) is 29.4. The van der Waals surface area contributed by atoms with E-state index in [1.54, 1.807) is 0 Å². The fraction of sp³-hybridized carbons (Fsp3) is 0.882. The normalized spacial score (nSPS) is 26.7. The van der Waals surface area contributed by atoms with Gasteiger partial charge in [-0.3, -0.25) is 9.69 Å². The summed E-state index contributed by atoms with van der Waals surface area (Å²) in [6.07, 6.45) is 2.78. The molecule has 24 heavy (non-hydrogen) atoms. The van der Waals surface area contributed by atoms with E-state index in [0.717, 1.165) is 52.0 Å². The molecule has 0 aromatic carbocycles. The molecule has 138 valence electrons. The Hall–Kier alpha value is -1.34. The van der Waals surface area contributed by atoms with E-state index in [0.29, 0.717) is 5.92 Å². The van der Waals surface area contributed by atoms with Crippen LogP contribution < -0.4 is 5.32 Å². The first-order valence-electron chi connectivity index (χ1n) is 9.12. The van der Waals surface area contributed by atoms with Crippen molar-refractivity contribution in [1.82, 2.24) is 20.0 Å². The van der Waals surface area contributed by atoms with Crippen LogP contribution in [0.15, 0.2) is 0 Å².